The molecule has 1 aliphatic carbocycles. The maximum Gasteiger partial charge on any atom is 0.171 e. The first kappa shape index (κ1) is 13.9. The standard InChI is InChI=1S/C15H20N4O2/c1-3-21-11-7-6-10(8-12(11)20-2)13(16)15-17-14(18-19-15)9-4-5-9/h6-9,13H,3-5,16H2,1-2H3,(H,17,18,19)/t13-/m0/s1. The first-order chi connectivity index (χ1) is 10.2. The van der Waals surface area contributed by atoms with Crippen LogP contribution in [0, 0.1) is 0 Å². The van der Waals surface area contributed by atoms with Gasteiger partial charge in [0.25, 0.3) is 0 Å². The maximum atomic E-state index is 6.26. The van der Waals surface area contributed by atoms with Gasteiger partial charge in [0, 0.05) is 5.92 Å². The van der Waals surface area contributed by atoms with Crippen molar-refractivity contribution >= 4 is 0 Å². The van der Waals surface area contributed by atoms with Crippen LogP contribution in [0.3, 0.4) is 0 Å². The second-order valence-electron chi connectivity index (χ2n) is 5.17. The number of aromatic nitrogens is 3. The zero-order valence-corrected chi connectivity index (χ0v) is 12.3. The van der Waals surface area contributed by atoms with Gasteiger partial charge in [-0.2, -0.15) is 5.10 Å². The Labute approximate surface area is 123 Å². The van der Waals surface area contributed by atoms with Crippen molar-refractivity contribution in [1.82, 2.24) is 15.2 Å². The number of benzene rings is 1. The minimum atomic E-state index is -0.377. The molecule has 112 valence electrons. The summed E-state index contributed by atoms with van der Waals surface area (Å²) >= 11 is 0. The molecule has 21 heavy (non-hydrogen) atoms. The molecule has 1 aliphatic rings. The summed E-state index contributed by atoms with van der Waals surface area (Å²) in [6.07, 6.45) is 2.36. The van der Waals surface area contributed by atoms with Gasteiger partial charge in [-0.3, -0.25) is 5.10 Å². The van der Waals surface area contributed by atoms with Crippen LogP contribution in [-0.2, 0) is 0 Å². The van der Waals surface area contributed by atoms with Gasteiger partial charge in [-0.25, -0.2) is 4.98 Å². The van der Waals surface area contributed by atoms with Gasteiger partial charge in [-0.1, -0.05) is 6.07 Å². The molecular weight excluding hydrogens is 268 g/mol. The molecule has 0 aliphatic heterocycles. The Morgan fingerprint density at radius 2 is 2.19 bits per heavy atom. The Morgan fingerprint density at radius 3 is 2.86 bits per heavy atom. The van der Waals surface area contributed by atoms with E-state index < -0.39 is 0 Å². The van der Waals surface area contributed by atoms with Crippen LogP contribution in [0.2, 0.25) is 0 Å². The molecule has 3 N–H and O–H groups in total. The first-order valence-corrected chi connectivity index (χ1v) is 7.21. The molecule has 0 spiro atoms. The summed E-state index contributed by atoms with van der Waals surface area (Å²) in [6.45, 7) is 2.53. The van der Waals surface area contributed by atoms with Gasteiger partial charge in [-0.05, 0) is 37.5 Å². The molecule has 0 radical (unpaired) electrons. The SMILES string of the molecule is CCOc1ccc([C@H](N)c2n[nH]c(C3CC3)n2)cc1OC. The highest BCUT2D eigenvalue weighted by atomic mass is 16.5. The Balaban J connectivity index is 1.83. The molecule has 1 aromatic carbocycles. The van der Waals surface area contributed by atoms with Crippen molar-refractivity contribution in [3.8, 4) is 11.5 Å². The lowest BCUT2D eigenvalue weighted by Gasteiger charge is -2.13. The first-order valence-electron chi connectivity index (χ1n) is 7.21. The quantitative estimate of drug-likeness (QED) is 0.850. The molecule has 0 amide bonds. The van der Waals surface area contributed by atoms with E-state index in [2.05, 4.69) is 15.2 Å². The fraction of sp³-hybridized carbons (Fsp3) is 0.467. The van der Waals surface area contributed by atoms with E-state index in [4.69, 9.17) is 15.2 Å². The van der Waals surface area contributed by atoms with Crippen LogP contribution in [0.25, 0.3) is 0 Å². The lowest BCUT2D eigenvalue weighted by Crippen LogP contribution is -2.14. The number of rotatable bonds is 6. The van der Waals surface area contributed by atoms with E-state index >= 15 is 0 Å². The second kappa shape index (κ2) is 5.73. The average Bonchev–Trinajstić information content (AvgIpc) is 3.24. The molecule has 0 bridgehead atoms. The summed E-state index contributed by atoms with van der Waals surface area (Å²) in [5.74, 6) is 3.47. The number of aromatic amines is 1. The summed E-state index contributed by atoms with van der Waals surface area (Å²) in [7, 11) is 1.62. The van der Waals surface area contributed by atoms with E-state index in [0.29, 0.717) is 29.8 Å². The van der Waals surface area contributed by atoms with E-state index in [0.717, 1.165) is 11.4 Å². The van der Waals surface area contributed by atoms with Gasteiger partial charge < -0.3 is 15.2 Å². The van der Waals surface area contributed by atoms with Crippen LogP contribution < -0.4 is 15.2 Å². The number of ether oxygens (including phenoxy) is 2. The number of H-pyrrole nitrogens is 1. The Kier molecular flexibility index (Phi) is 3.79. The smallest absolute Gasteiger partial charge is 0.171 e. The number of methoxy groups -OCH3 is 1. The Morgan fingerprint density at radius 1 is 1.38 bits per heavy atom. The normalized spacial score (nSPS) is 15.8. The second-order valence-corrected chi connectivity index (χ2v) is 5.17. The third kappa shape index (κ3) is 2.85. The summed E-state index contributed by atoms with van der Waals surface area (Å²) in [5.41, 5.74) is 7.16. The van der Waals surface area contributed by atoms with Gasteiger partial charge >= 0.3 is 0 Å². The molecule has 1 heterocycles. The Bertz CT molecular complexity index is 622. The topological polar surface area (TPSA) is 86.0 Å². The molecule has 1 saturated carbocycles. The van der Waals surface area contributed by atoms with Crippen LogP contribution in [0.4, 0.5) is 0 Å². The van der Waals surface area contributed by atoms with Gasteiger partial charge in [0.05, 0.1) is 19.8 Å². The van der Waals surface area contributed by atoms with Gasteiger partial charge in [-0.15, -0.1) is 0 Å². The van der Waals surface area contributed by atoms with Crippen LogP contribution in [0.5, 0.6) is 11.5 Å². The third-order valence-corrected chi connectivity index (χ3v) is 3.61. The predicted octanol–water partition coefficient (Wildman–Crippen LogP) is 2.14. The van der Waals surface area contributed by atoms with Crippen molar-refractivity contribution in [3.05, 3.63) is 35.4 Å². The van der Waals surface area contributed by atoms with E-state index in [1.165, 1.54) is 12.8 Å². The van der Waals surface area contributed by atoms with E-state index in [1.54, 1.807) is 7.11 Å². The number of nitrogens with two attached hydrogens (primary N) is 1. The monoisotopic (exact) mass is 288 g/mol. The molecule has 6 heteroatoms. The van der Waals surface area contributed by atoms with Gasteiger partial charge in [0.1, 0.15) is 5.82 Å². The molecule has 0 unspecified atom stereocenters. The van der Waals surface area contributed by atoms with Gasteiger partial charge in [0.2, 0.25) is 0 Å². The fourth-order valence-electron chi connectivity index (χ4n) is 2.27. The van der Waals surface area contributed by atoms with Crippen LogP contribution >= 0.6 is 0 Å². The van der Waals surface area contributed by atoms with Crippen molar-refractivity contribution in [2.45, 2.75) is 31.7 Å². The summed E-state index contributed by atoms with van der Waals surface area (Å²) in [6, 6.07) is 5.29. The molecule has 6 nitrogen and oxygen atoms in total. The Hall–Kier alpha value is -2.08. The minimum absolute atomic E-state index is 0.377. The van der Waals surface area contributed by atoms with Crippen LogP contribution in [0.15, 0.2) is 18.2 Å². The molecule has 0 saturated heterocycles. The van der Waals surface area contributed by atoms with Crippen molar-refractivity contribution < 1.29 is 9.47 Å². The minimum Gasteiger partial charge on any atom is -0.493 e. The average molecular weight is 288 g/mol. The molecule has 1 fully saturated rings. The lowest BCUT2D eigenvalue weighted by molar-refractivity contribution is 0.310. The molecule has 3 rings (SSSR count). The lowest BCUT2D eigenvalue weighted by atomic mass is 10.1. The van der Waals surface area contributed by atoms with Crippen LogP contribution in [0.1, 0.15) is 48.9 Å². The summed E-state index contributed by atoms with van der Waals surface area (Å²) in [4.78, 5) is 4.50. The number of nitrogens with zero attached hydrogens (tertiary/aromatic N) is 2. The van der Waals surface area contributed by atoms with Crippen molar-refractivity contribution in [2.24, 2.45) is 5.73 Å². The summed E-state index contributed by atoms with van der Waals surface area (Å²) in [5, 5.41) is 7.22. The molecule has 1 aromatic heterocycles. The number of nitrogens with one attached hydrogen (secondary N) is 1. The highest BCUT2D eigenvalue weighted by Gasteiger charge is 2.28. The third-order valence-electron chi connectivity index (χ3n) is 3.61. The van der Waals surface area contributed by atoms with E-state index in [-0.39, 0.29) is 6.04 Å². The zero-order chi connectivity index (χ0) is 14.8. The number of hydrogen-bond donors (Lipinski definition) is 2. The summed E-state index contributed by atoms with van der Waals surface area (Å²) < 4.78 is 10.9. The fourth-order valence-corrected chi connectivity index (χ4v) is 2.27. The maximum absolute atomic E-state index is 6.26. The largest absolute Gasteiger partial charge is 0.493 e. The molecule has 1 atom stereocenters. The number of hydrogen-bond acceptors (Lipinski definition) is 5. The van der Waals surface area contributed by atoms with E-state index in [1.807, 2.05) is 25.1 Å². The van der Waals surface area contributed by atoms with E-state index in [9.17, 15) is 0 Å². The van der Waals surface area contributed by atoms with Crippen molar-refractivity contribution in [1.29, 1.82) is 0 Å². The highest BCUT2D eigenvalue weighted by molar-refractivity contribution is 5.44. The predicted molar refractivity (Wildman–Crippen MR) is 78.6 cm³/mol. The van der Waals surface area contributed by atoms with Gasteiger partial charge in [0.15, 0.2) is 17.3 Å². The van der Waals surface area contributed by atoms with Crippen LogP contribution in [-0.4, -0.2) is 28.9 Å². The van der Waals surface area contributed by atoms with Crippen molar-refractivity contribution in [3.63, 3.8) is 0 Å². The molecular formula is C15H20N4O2. The highest BCUT2D eigenvalue weighted by Crippen LogP contribution is 2.38. The zero-order valence-electron chi connectivity index (χ0n) is 12.3. The molecule has 2 aromatic rings. The van der Waals surface area contributed by atoms with Crippen molar-refractivity contribution in [2.75, 3.05) is 13.7 Å².